The number of ether oxygens (including phenoxy) is 1. The van der Waals surface area contributed by atoms with E-state index in [9.17, 15) is 9.59 Å². The summed E-state index contributed by atoms with van der Waals surface area (Å²) in [6.45, 7) is 0. The molecule has 0 unspecified atom stereocenters. The van der Waals surface area contributed by atoms with E-state index in [1.807, 2.05) is 42.5 Å². The Bertz CT molecular complexity index is 772. The van der Waals surface area contributed by atoms with Crippen LogP contribution >= 0.6 is 0 Å². The minimum absolute atomic E-state index is 0.0346. The lowest BCUT2D eigenvalue weighted by molar-refractivity contribution is 0.0599. The molecular weight excluding hydrogens is 276 g/mol. The molecule has 0 radical (unpaired) electrons. The Morgan fingerprint density at radius 2 is 1.82 bits per heavy atom. The van der Waals surface area contributed by atoms with Gasteiger partial charge < -0.3 is 4.74 Å². The SMILES string of the molecule is COC(=O)c1ccccc1CC1=CC(=O)c2ccccc2C1. The average molecular weight is 292 g/mol. The van der Waals surface area contributed by atoms with Gasteiger partial charge in [0.15, 0.2) is 5.78 Å². The summed E-state index contributed by atoms with van der Waals surface area (Å²) in [6.07, 6.45) is 3.00. The van der Waals surface area contributed by atoms with E-state index in [0.717, 1.165) is 28.7 Å². The Labute approximate surface area is 129 Å². The van der Waals surface area contributed by atoms with E-state index in [2.05, 4.69) is 0 Å². The third-order valence-corrected chi connectivity index (χ3v) is 3.88. The summed E-state index contributed by atoms with van der Waals surface area (Å²) in [7, 11) is 1.37. The molecule has 3 nitrogen and oxygen atoms in total. The molecule has 2 aromatic carbocycles. The molecule has 2 aromatic rings. The first kappa shape index (κ1) is 14.3. The number of carbonyl (C=O) groups is 2. The molecule has 110 valence electrons. The van der Waals surface area contributed by atoms with Gasteiger partial charge in [-0.15, -0.1) is 0 Å². The first-order valence-electron chi connectivity index (χ1n) is 7.17. The van der Waals surface area contributed by atoms with Crippen LogP contribution in [0.4, 0.5) is 0 Å². The Morgan fingerprint density at radius 3 is 2.64 bits per heavy atom. The smallest absolute Gasteiger partial charge is 0.338 e. The monoisotopic (exact) mass is 292 g/mol. The highest BCUT2D eigenvalue weighted by molar-refractivity contribution is 6.07. The first-order valence-corrected chi connectivity index (χ1v) is 7.17. The van der Waals surface area contributed by atoms with Gasteiger partial charge in [-0.05, 0) is 36.1 Å². The standard InChI is InChI=1S/C19H16O3/c1-22-19(21)17-9-5-3-7-15(17)11-13-10-14-6-2-4-8-16(14)18(20)12-13/h2-9,12H,10-11H2,1H3. The molecule has 0 aliphatic heterocycles. The number of rotatable bonds is 3. The molecule has 1 aliphatic rings. The largest absolute Gasteiger partial charge is 0.465 e. The van der Waals surface area contributed by atoms with Crippen molar-refractivity contribution in [1.29, 1.82) is 0 Å². The molecule has 0 bridgehead atoms. The van der Waals surface area contributed by atoms with E-state index in [4.69, 9.17) is 4.74 Å². The number of methoxy groups -OCH3 is 1. The molecule has 3 heteroatoms. The Hall–Kier alpha value is -2.68. The molecule has 3 rings (SSSR count). The van der Waals surface area contributed by atoms with Crippen LogP contribution in [-0.2, 0) is 17.6 Å². The van der Waals surface area contributed by atoms with E-state index in [1.165, 1.54) is 7.11 Å². The van der Waals surface area contributed by atoms with Crippen LogP contribution in [0.1, 0.15) is 31.8 Å². The zero-order valence-corrected chi connectivity index (χ0v) is 12.3. The molecular formula is C19H16O3. The van der Waals surface area contributed by atoms with Gasteiger partial charge >= 0.3 is 5.97 Å². The number of esters is 1. The second-order valence-corrected chi connectivity index (χ2v) is 5.33. The Morgan fingerprint density at radius 1 is 1.09 bits per heavy atom. The molecule has 0 spiro atoms. The highest BCUT2D eigenvalue weighted by Crippen LogP contribution is 2.24. The van der Waals surface area contributed by atoms with E-state index >= 15 is 0 Å². The van der Waals surface area contributed by atoms with Crippen LogP contribution in [0, 0.1) is 0 Å². The summed E-state index contributed by atoms with van der Waals surface area (Å²) in [6, 6.07) is 15.0. The summed E-state index contributed by atoms with van der Waals surface area (Å²) in [5, 5.41) is 0. The van der Waals surface area contributed by atoms with Crippen molar-refractivity contribution in [2.75, 3.05) is 7.11 Å². The predicted octanol–water partition coefficient (Wildman–Crippen LogP) is 3.38. The number of hydrogen-bond donors (Lipinski definition) is 0. The third-order valence-electron chi connectivity index (χ3n) is 3.88. The summed E-state index contributed by atoms with van der Waals surface area (Å²) in [4.78, 5) is 24.0. The van der Waals surface area contributed by atoms with Gasteiger partial charge in [0.25, 0.3) is 0 Å². The van der Waals surface area contributed by atoms with Crippen molar-refractivity contribution in [3.63, 3.8) is 0 Å². The fourth-order valence-corrected chi connectivity index (χ4v) is 2.82. The van der Waals surface area contributed by atoms with Gasteiger partial charge in [-0.2, -0.15) is 0 Å². The molecule has 0 amide bonds. The molecule has 0 heterocycles. The second-order valence-electron chi connectivity index (χ2n) is 5.33. The molecule has 1 aliphatic carbocycles. The highest BCUT2D eigenvalue weighted by Gasteiger charge is 2.19. The average Bonchev–Trinajstić information content (AvgIpc) is 2.55. The molecule has 0 aromatic heterocycles. The van der Waals surface area contributed by atoms with Gasteiger partial charge in [0.1, 0.15) is 0 Å². The topological polar surface area (TPSA) is 43.4 Å². The van der Waals surface area contributed by atoms with Gasteiger partial charge in [-0.25, -0.2) is 4.79 Å². The van der Waals surface area contributed by atoms with Crippen molar-refractivity contribution in [2.24, 2.45) is 0 Å². The fraction of sp³-hybridized carbons (Fsp3) is 0.158. The van der Waals surface area contributed by atoms with Gasteiger partial charge in [0.05, 0.1) is 12.7 Å². The van der Waals surface area contributed by atoms with Crippen molar-refractivity contribution in [3.05, 3.63) is 82.4 Å². The number of carbonyl (C=O) groups excluding carboxylic acids is 2. The third kappa shape index (κ3) is 2.70. The predicted molar refractivity (Wildman–Crippen MR) is 84.0 cm³/mol. The van der Waals surface area contributed by atoms with Crippen molar-refractivity contribution >= 4 is 11.8 Å². The van der Waals surface area contributed by atoms with Gasteiger partial charge in [-0.3, -0.25) is 4.79 Å². The van der Waals surface area contributed by atoms with Crippen molar-refractivity contribution in [1.82, 2.24) is 0 Å². The molecule has 0 saturated carbocycles. The van der Waals surface area contributed by atoms with E-state index in [0.29, 0.717) is 12.0 Å². The van der Waals surface area contributed by atoms with Crippen molar-refractivity contribution < 1.29 is 14.3 Å². The van der Waals surface area contributed by atoms with Gasteiger partial charge in [0, 0.05) is 5.56 Å². The number of ketones is 1. The maximum absolute atomic E-state index is 12.2. The lowest BCUT2D eigenvalue weighted by atomic mass is 9.87. The first-order chi connectivity index (χ1) is 10.7. The normalized spacial score (nSPS) is 13.3. The van der Waals surface area contributed by atoms with Crippen molar-refractivity contribution in [3.8, 4) is 0 Å². The number of benzene rings is 2. The molecule has 0 N–H and O–H groups in total. The summed E-state index contributed by atoms with van der Waals surface area (Å²) >= 11 is 0. The quantitative estimate of drug-likeness (QED) is 0.815. The maximum Gasteiger partial charge on any atom is 0.338 e. The Kier molecular flexibility index (Phi) is 3.88. The molecule has 0 fully saturated rings. The van der Waals surface area contributed by atoms with Crippen LogP contribution in [0.15, 0.2) is 60.2 Å². The molecule has 22 heavy (non-hydrogen) atoms. The maximum atomic E-state index is 12.2. The number of fused-ring (bicyclic) bond motifs is 1. The number of hydrogen-bond acceptors (Lipinski definition) is 3. The van der Waals surface area contributed by atoms with E-state index in [-0.39, 0.29) is 11.8 Å². The lowest BCUT2D eigenvalue weighted by Crippen LogP contribution is -2.13. The number of allylic oxidation sites excluding steroid dienone is 2. The molecule has 0 saturated heterocycles. The molecule has 0 atom stereocenters. The second kappa shape index (κ2) is 5.98. The van der Waals surface area contributed by atoms with Crippen molar-refractivity contribution in [2.45, 2.75) is 12.8 Å². The van der Waals surface area contributed by atoms with Crippen LogP contribution in [-0.4, -0.2) is 18.9 Å². The highest BCUT2D eigenvalue weighted by atomic mass is 16.5. The summed E-state index contributed by atoms with van der Waals surface area (Å²) < 4.78 is 4.82. The van der Waals surface area contributed by atoms with Gasteiger partial charge in [-0.1, -0.05) is 48.0 Å². The minimum atomic E-state index is -0.348. The zero-order chi connectivity index (χ0) is 15.5. The zero-order valence-electron chi connectivity index (χ0n) is 12.3. The van der Waals surface area contributed by atoms with E-state index < -0.39 is 0 Å². The fourth-order valence-electron chi connectivity index (χ4n) is 2.82. The minimum Gasteiger partial charge on any atom is -0.465 e. The van der Waals surface area contributed by atoms with Gasteiger partial charge in [0.2, 0.25) is 0 Å². The van der Waals surface area contributed by atoms with Crippen LogP contribution < -0.4 is 0 Å². The van der Waals surface area contributed by atoms with E-state index in [1.54, 1.807) is 12.1 Å². The van der Waals surface area contributed by atoms with Crippen LogP contribution in [0.3, 0.4) is 0 Å². The Balaban J connectivity index is 1.90. The lowest BCUT2D eigenvalue weighted by Gasteiger charge is -2.17. The van der Waals surface area contributed by atoms with Crippen LogP contribution in [0.25, 0.3) is 0 Å². The van der Waals surface area contributed by atoms with Crippen LogP contribution in [0.5, 0.6) is 0 Å². The van der Waals surface area contributed by atoms with Crippen LogP contribution in [0.2, 0.25) is 0 Å². The summed E-state index contributed by atoms with van der Waals surface area (Å²) in [5.41, 5.74) is 4.26. The summed E-state index contributed by atoms with van der Waals surface area (Å²) in [5.74, 6) is -0.314.